The first-order valence-electron chi connectivity index (χ1n) is 8.90. The number of nitrogens with two attached hydrogens (primary N) is 1. The topological polar surface area (TPSA) is 136 Å². The molecule has 1 radical (unpaired) electrons. The van der Waals surface area contributed by atoms with Crippen molar-refractivity contribution in [3.8, 4) is 6.07 Å². The van der Waals surface area contributed by atoms with Crippen LogP contribution in [0.1, 0.15) is 31.4 Å². The number of carbonyl (C=O) groups excluding carboxylic acids is 1. The molecule has 2 aromatic heterocycles. The first-order valence-corrected chi connectivity index (χ1v) is 8.90. The molecule has 9 nitrogen and oxygen atoms in total. The minimum atomic E-state index is -1.67. The van der Waals surface area contributed by atoms with Gasteiger partial charge in [0.25, 0.3) is 0 Å². The maximum absolute atomic E-state index is 11.9. The molecule has 3 heterocycles. The molecule has 1 saturated heterocycles. The van der Waals surface area contributed by atoms with E-state index in [4.69, 9.17) is 15.2 Å². The first kappa shape index (κ1) is 17.7. The highest BCUT2D eigenvalue weighted by Gasteiger charge is 2.52. The van der Waals surface area contributed by atoms with Gasteiger partial charge < -0.3 is 20.3 Å². The Hall–Kier alpha value is -2.70. The third-order valence-corrected chi connectivity index (χ3v) is 5.27. The second-order valence-corrected chi connectivity index (χ2v) is 6.99. The number of nitrogen functional groups attached to an aromatic ring is 1. The average molecular weight is 370 g/mol. The number of aliphatic hydroxyl groups is 1. The number of hydrogen-bond donors (Lipinski definition) is 2. The Labute approximate surface area is 155 Å². The molecule has 1 aliphatic carbocycles. The van der Waals surface area contributed by atoms with Crippen molar-refractivity contribution in [2.45, 2.75) is 43.5 Å². The highest BCUT2D eigenvalue weighted by Crippen LogP contribution is 2.39. The molecule has 0 spiro atoms. The zero-order chi connectivity index (χ0) is 19.0. The second kappa shape index (κ2) is 6.79. The molecule has 3 atom stereocenters. The molecule has 4 rings (SSSR count). The Morgan fingerprint density at radius 1 is 1.52 bits per heavy atom. The minimum absolute atomic E-state index is 0.0491. The van der Waals surface area contributed by atoms with Gasteiger partial charge in [0.2, 0.25) is 5.60 Å². The lowest BCUT2D eigenvalue weighted by Crippen LogP contribution is -2.37. The lowest BCUT2D eigenvalue weighted by atomic mass is 9.83. The van der Waals surface area contributed by atoms with E-state index in [1.165, 1.54) is 17.3 Å². The minimum Gasteiger partial charge on any atom is -0.463 e. The van der Waals surface area contributed by atoms with E-state index >= 15 is 0 Å². The quantitative estimate of drug-likeness (QED) is 0.735. The molecule has 2 aromatic rings. The summed E-state index contributed by atoms with van der Waals surface area (Å²) in [4.78, 5) is 15.8. The van der Waals surface area contributed by atoms with Gasteiger partial charge in [0.1, 0.15) is 36.7 Å². The number of nitriles is 1. The van der Waals surface area contributed by atoms with Gasteiger partial charge in [-0.05, 0) is 30.9 Å². The van der Waals surface area contributed by atoms with Gasteiger partial charge in [0, 0.05) is 12.8 Å². The average Bonchev–Trinajstić information content (AvgIpc) is 3.19. The van der Waals surface area contributed by atoms with E-state index in [1.54, 1.807) is 12.1 Å². The Bertz CT molecular complexity index is 903. The van der Waals surface area contributed by atoms with Gasteiger partial charge in [0.05, 0.1) is 5.69 Å². The van der Waals surface area contributed by atoms with Crippen LogP contribution in [0.2, 0.25) is 0 Å². The number of ether oxygens (including phenoxy) is 2. The summed E-state index contributed by atoms with van der Waals surface area (Å²) in [5.74, 6) is 0.378. The molecule has 0 amide bonds. The summed E-state index contributed by atoms with van der Waals surface area (Å²) in [6.07, 6.45) is 4.49. The summed E-state index contributed by atoms with van der Waals surface area (Å²) in [5, 5.41) is 24.4. The molecule has 2 fully saturated rings. The van der Waals surface area contributed by atoms with Crippen molar-refractivity contribution < 1.29 is 19.4 Å². The van der Waals surface area contributed by atoms with Crippen molar-refractivity contribution in [1.29, 1.82) is 5.26 Å². The van der Waals surface area contributed by atoms with E-state index in [2.05, 4.69) is 10.1 Å². The maximum atomic E-state index is 11.9. The van der Waals surface area contributed by atoms with Gasteiger partial charge in [-0.3, -0.25) is 4.79 Å². The predicted octanol–water partition coefficient (Wildman–Crippen LogP) is 0.728. The summed E-state index contributed by atoms with van der Waals surface area (Å²) in [7, 11) is 0. The monoisotopic (exact) mass is 370 g/mol. The maximum Gasteiger partial charge on any atom is 0.306 e. The molecular weight excluding hydrogens is 350 g/mol. The fraction of sp³-hybridized carbons (Fsp3) is 0.500. The molecule has 141 valence electrons. The van der Waals surface area contributed by atoms with Gasteiger partial charge >= 0.3 is 5.97 Å². The Kier molecular flexibility index (Phi) is 4.45. The summed E-state index contributed by atoms with van der Waals surface area (Å²) in [6, 6.07) is 5.32. The predicted molar refractivity (Wildman–Crippen MR) is 92.8 cm³/mol. The van der Waals surface area contributed by atoms with Crippen LogP contribution < -0.4 is 5.73 Å². The molecule has 2 aliphatic rings. The molecule has 0 bridgehead atoms. The van der Waals surface area contributed by atoms with Crippen LogP contribution >= 0.6 is 0 Å². The van der Waals surface area contributed by atoms with E-state index in [1.807, 2.05) is 6.07 Å². The van der Waals surface area contributed by atoms with E-state index in [9.17, 15) is 15.2 Å². The standard InChI is InChI=1S/C18H20N5O4/c19-9-18(14-5-4-13-17(20)21-10-22-23(13)14)15(24)7-12(27-18)8-26-16(25)6-11-2-1-3-11/h4-5,7,10-12,15,24H,1-3,6,8H2,(H2,20,21,22)/t12-,15-,18+/m1/s1. The Balaban J connectivity index is 1.50. The number of esters is 1. The fourth-order valence-electron chi connectivity index (χ4n) is 3.54. The highest BCUT2D eigenvalue weighted by atomic mass is 16.6. The van der Waals surface area contributed by atoms with Crippen molar-refractivity contribution in [1.82, 2.24) is 14.6 Å². The summed E-state index contributed by atoms with van der Waals surface area (Å²) >= 11 is 0. The number of anilines is 1. The van der Waals surface area contributed by atoms with Crippen molar-refractivity contribution in [3.63, 3.8) is 0 Å². The van der Waals surface area contributed by atoms with Crippen LogP contribution in [0.5, 0.6) is 0 Å². The molecule has 0 aromatic carbocycles. The van der Waals surface area contributed by atoms with Crippen LogP contribution in [0, 0.1) is 23.7 Å². The largest absolute Gasteiger partial charge is 0.463 e. The zero-order valence-electron chi connectivity index (χ0n) is 14.6. The van der Waals surface area contributed by atoms with Crippen LogP contribution in [0.15, 0.2) is 18.5 Å². The lowest BCUT2D eigenvalue weighted by molar-refractivity contribution is -0.150. The van der Waals surface area contributed by atoms with Gasteiger partial charge in [0.15, 0.2) is 5.82 Å². The number of hydrogen-bond acceptors (Lipinski definition) is 8. The Morgan fingerprint density at radius 2 is 2.33 bits per heavy atom. The normalized spacial score (nSPS) is 28.0. The van der Waals surface area contributed by atoms with Crippen LogP contribution in [-0.4, -0.2) is 44.5 Å². The third-order valence-electron chi connectivity index (χ3n) is 5.27. The SMILES string of the molecule is N#C[C@@]1(c2ccc3c(N)ncnn23)O[C@@H](COC(=O)CC2CCC2)[CH][C@H]1O. The van der Waals surface area contributed by atoms with Crippen LogP contribution in [0.3, 0.4) is 0 Å². The number of aromatic nitrogens is 3. The van der Waals surface area contributed by atoms with Crippen LogP contribution in [0.4, 0.5) is 5.82 Å². The van der Waals surface area contributed by atoms with Crippen molar-refractivity contribution in [3.05, 3.63) is 30.6 Å². The van der Waals surface area contributed by atoms with Gasteiger partial charge in [-0.25, -0.2) is 9.50 Å². The van der Waals surface area contributed by atoms with E-state index in [-0.39, 0.29) is 18.4 Å². The number of fused-ring (bicyclic) bond motifs is 1. The van der Waals surface area contributed by atoms with E-state index in [0.717, 1.165) is 19.3 Å². The Morgan fingerprint density at radius 3 is 3.04 bits per heavy atom. The van der Waals surface area contributed by atoms with Crippen LogP contribution in [-0.2, 0) is 19.9 Å². The van der Waals surface area contributed by atoms with Crippen molar-refractivity contribution in [2.24, 2.45) is 5.92 Å². The van der Waals surface area contributed by atoms with E-state index < -0.39 is 17.8 Å². The van der Waals surface area contributed by atoms with Gasteiger partial charge in [-0.2, -0.15) is 10.4 Å². The number of aliphatic hydroxyl groups excluding tert-OH is 1. The molecule has 3 N–H and O–H groups in total. The van der Waals surface area contributed by atoms with Gasteiger partial charge in [-0.1, -0.05) is 6.42 Å². The first-order chi connectivity index (χ1) is 13.0. The third kappa shape index (κ3) is 3.01. The molecule has 0 unspecified atom stereocenters. The van der Waals surface area contributed by atoms with Gasteiger partial charge in [-0.15, -0.1) is 0 Å². The number of carbonyl (C=O) groups is 1. The summed E-state index contributed by atoms with van der Waals surface area (Å²) < 4.78 is 12.5. The van der Waals surface area contributed by atoms with E-state index in [0.29, 0.717) is 23.5 Å². The molecular formula is C18H20N5O4. The smallest absolute Gasteiger partial charge is 0.306 e. The molecule has 1 saturated carbocycles. The summed E-state index contributed by atoms with van der Waals surface area (Å²) in [5.41, 5.74) is 5.00. The lowest BCUT2D eigenvalue weighted by Gasteiger charge is -2.25. The highest BCUT2D eigenvalue weighted by molar-refractivity contribution is 5.70. The number of nitrogens with zero attached hydrogens (tertiary/aromatic N) is 4. The van der Waals surface area contributed by atoms with Crippen LogP contribution in [0.25, 0.3) is 5.52 Å². The fourth-order valence-corrected chi connectivity index (χ4v) is 3.54. The summed E-state index contributed by atoms with van der Waals surface area (Å²) in [6.45, 7) is -0.0491. The molecule has 27 heavy (non-hydrogen) atoms. The number of rotatable bonds is 5. The van der Waals surface area contributed by atoms with Crippen molar-refractivity contribution >= 4 is 17.3 Å². The second-order valence-electron chi connectivity index (χ2n) is 6.99. The molecule has 9 heteroatoms. The van der Waals surface area contributed by atoms with Crippen molar-refractivity contribution in [2.75, 3.05) is 12.3 Å². The zero-order valence-corrected chi connectivity index (χ0v) is 14.6. The molecule has 1 aliphatic heterocycles.